The molecule has 0 bridgehead atoms. The lowest BCUT2D eigenvalue weighted by atomic mass is 10.1. The Balaban J connectivity index is 1.91. The molecule has 0 aliphatic heterocycles. The van der Waals surface area contributed by atoms with Crippen molar-refractivity contribution in [1.82, 2.24) is 0 Å². The summed E-state index contributed by atoms with van der Waals surface area (Å²) >= 11 is 0. The Labute approximate surface area is 148 Å². The summed E-state index contributed by atoms with van der Waals surface area (Å²) in [5.41, 5.74) is 0. The summed E-state index contributed by atoms with van der Waals surface area (Å²) in [6.07, 6.45) is 16.1. The van der Waals surface area contributed by atoms with Gasteiger partial charge in [0.25, 0.3) is 0 Å². The summed E-state index contributed by atoms with van der Waals surface area (Å²) < 4.78 is 10.8. The average molecular weight is 337 g/mol. The summed E-state index contributed by atoms with van der Waals surface area (Å²) in [6, 6.07) is 5.01. The number of ether oxygens (including phenoxy) is 2. The van der Waals surface area contributed by atoms with Crippen LogP contribution in [0.2, 0.25) is 0 Å². The molecule has 0 atom stereocenters. The Hall–Kier alpha value is -1.38. The van der Waals surface area contributed by atoms with E-state index in [1.165, 1.54) is 70.6 Å². The van der Waals surface area contributed by atoms with Gasteiger partial charge in [0.1, 0.15) is 17.2 Å². The average Bonchev–Trinajstić information content (AvgIpc) is 2.58. The number of phenols is 1. The molecule has 0 spiro atoms. The van der Waals surface area contributed by atoms with Crippen molar-refractivity contribution in [2.24, 2.45) is 0 Å². The monoisotopic (exact) mass is 336 g/mol. The van der Waals surface area contributed by atoms with E-state index < -0.39 is 0 Å². The Morgan fingerprint density at radius 2 is 1.21 bits per heavy atom. The van der Waals surface area contributed by atoms with Crippen molar-refractivity contribution in [2.75, 3.05) is 13.7 Å². The van der Waals surface area contributed by atoms with E-state index in [2.05, 4.69) is 6.92 Å². The SMILES string of the molecule is CCCCCCCCCCCCCCOc1cc(O)cc(OC)c1. The molecule has 1 aromatic rings. The van der Waals surface area contributed by atoms with Gasteiger partial charge in [-0.05, 0) is 6.42 Å². The molecule has 0 saturated heterocycles. The van der Waals surface area contributed by atoms with Gasteiger partial charge in [0.05, 0.1) is 13.7 Å². The van der Waals surface area contributed by atoms with Gasteiger partial charge in [0.15, 0.2) is 0 Å². The van der Waals surface area contributed by atoms with Gasteiger partial charge in [-0.25, -0.2) is 0 Å². The molecule has 0 aromatic heterocycles. The molecule has 0 aliphatic rings. The standard InChI is InChI=1S/C21H36O3/c1-3-4-5-6-7-8-9-10-11-12-13-14-15-24-21-17-19(22)16-20(18-21)23-2/h16-18,22H,3-15H2,1-2H3. The summed E-state index contributed by atoms with van der Waals surface area (Å²) in [7, 11) is 1.59. The van der Waals surface area contributed by atoms with E-state index in [0.29, 0.717) is 18.1 Å². The number of phenolic OH excluding ortho intramolecular Hbond substituents is 1. The molecule has 1 rings (SSSR count). The zero-order chi connectivity index (χ0) is 17.5. The van der Waals surface area contributed by atoms with Crippen molar-refractivity contribution >= 4 is 0 Å². The first-order chi connectivity index (χ1) is 11.8. The van der Waals surface area contributed by atoms with Crippen LogP contribution >= 0.6 is 0 Å². The summed E-state index contributed by atoms with van der Waals surface area (Å²) in [5, 5.41) is 9.57. The van der Waals surface area contributed by atoms with Gasteiger partial charge < -0.3 is 14.6 Å². The number of unbranched alkanes of at least 4 members (excludes halogenated alkanes) is 11. The summed E-state index contributed by atoms with van der Waals surface area (Å²) in [5.74, 6) is 1.48. The Bertz CT molecular complexity index is 418. The lowest BCUT2D eigenvalue weighted by molar-refractivity contribution is 0.300. The van der Waals surface area contributed by atoms with Crippen molar-refractivity contribution in [3.8, 4) is 17.2 Å². The molecule has 0 aliphatic carbocycles. The van der Waals surface area contributed by atoms with E-state index >= 15 is 0 Å². The van der Waals surface area contributed by atoms with E-state index in [1.54, 1.807) is 25.3 Å². The van der Waals surface area contributed by atoms with Crippen LogP contribution in [0.4, 0.5) is 0 Å². The molecule has 1 N–H and O–H groups in total. The van der Waals surface area contributed by atoms with Gasteiger partial charge in [0, 0.05) is 18.2 Å². The fourth-order valence-electron chi connectivity index (χ4n) is 2.89. The van der Waals surface area contributed by atoms with Crippen molar-refractivity contribution in [3.63, 3.8) is 0 Å². The van der Waals surface area contributed by atoms with Crippen molar-refractivity contribution < 1.29 is 14.6 Å². The first kappa shape index (κ1) is 20.7. The molecule has 0 heterocycles. The first-order valence-corrected chi connectivity index (χ1v) is 9.77. The molecular weight excluding hydrogens is 300 g/mol. The number of benzene rings is 1. The fourth-order valence-corrected chi connectivity index (χ4v) is 2.89. The topological polar surface area (TPSA) is 38.7 Å². The van der Waals surface area contributed by atoms with Crippen molar-refractivity contribution in [2.45, 2.75) is 84.0 Å². The number of hydrogen-bond acceptors (Lipinski definition) is 3. The van der Waals surface area contributed by atoms with Gasteiger partial charge in [-0.1, -0.05) is 77.6 Å². The molecule has 0 saturated carbocycles. The molecule has 0 radical (unpaired) electrons. The van der Waals surface area contributed by atoms with Crippen LogP contribution in [0.3, 0.4) is 0 Å². The van der Waals surface area contributed by atoms with Crippen LogP contribution in [-0.4, -0.2) is 18.8 Å². The van der Waals surface area contributed by atoms with Gasteiger partial charge in [-0.2, -0.15) is 0 Å². The second kappa shape index (κ2) is 14.0. The third kappa shape index (κ3) is 10.4. The number of methoxy groups -OCH3 is 1. The molecule has 24 heavy (non-hydrogen) atoms. The minimum atomic E-state index is 0.180. The van der Waals surface area contributed by atoms with Crippen molar-refractivity contribution in [1.29, 1.82) is 0 Å². The zero-order valence-electron chi connectivity index (χ0n) is 15.7. The lowest BCUT2D eigenvalue weighted by Crippen LogP contribution is -1.97. The minimum absolute atomic E-state index is 0.180. The van der Waals surface area contributed by atoms with Crippen LogP contribution in [0.5, 0.6) is 17.2 Å². The summed E-state index contributed by atoms with van der Waals surface area (Å²) in [6.45, 7) is 2.97. The van der Waals surface area contributed by atoms with Crippen LogP contribution in [0.25, 0.3) is 0 Å². The van der Waals surface area contributed by atoms with Crippen molar-refractivity contribution in [3.05, 3.63) is 18.2 Å². The largest absolute Gasteiger partial charge is 0.508 e. The maximum atomic E-state index is 9.57. The minimum Gasteiger partial charge on any atom is -0.508 e. The van der Waals surface area contributed by atoms with Gasteiger partial charge >= 0.3 is 0 Å². The molecule has 3 heteroatoms. The van der Waals surface area contributed by atoms with Gasteiger partial charge in [0.2, 0.25) is 0 Å². The third-order valence-corrected chi connectivity index (χ3v) is 4.37. The lowest BCUT2D eigenvalue weighted by Gasteiger charge is -2.08. The third-order valence-electron chi connectivity index (χ3n) is 4.37. The number of rotatable bonds is 15. The van der Waals surface area contributed by atoms with E-state index in [9.17, 15) is 5.11 Å². The maximum Gasteiger partial charge on any atom is 0.126 e. The zero-order valence-corrected chi connectivity index (χ0v) is 15.7. The molecule has 3 nitrogen and oxygen atoms in total. The number of hydrogen-bond donors (Lipinski definition) is 1. The van der Waals surface area contributed by atoms with E-state index in [0.717, 1.165) is 6.42 Å². The van der Waals surface area contributed by atoms with Gasteiger partial charge in [-0.15, -0.1) is 0 Å². The predicted molar refractivity (Wildman–Crippen MR) is 101 cm³/mol. The highest BCUT2D eigenvalue weighted by Crippen LogP contribution is 2.26. The number of aromatic hydroxyl groups is 1. The molecule has 0 amide bonds. The predicted octanol–water partition coefficient (Wildman–Crippen LogP) is 6.48. The van der Waals surface area contributed by atoms with Crippen LogP contribution in [0, 0.1) is 0 Å². The van der Waals surface area contributed by atoms with Crippen LogP contribution < -0.4 is 9.47 Å². The highest BCUT2D eigenvalue weighted by Gasteiger charge is 2.01. The smallest absolute Gasteiger partial charge is 0.126 e. The molecule has 0 fully saturated rings. The van der Waals surface area contributed by atoms with Crippen LogP contribution in [0.1, 0.15) is 84.0 Å². The highest BCUT2D eigenvalue weighted by molar-refractivity contribution is 5.41. The molecule has 0 unspecified atom stereocenters. The maximum absolute atomic E-state index is 9.57. The Morgan fingerprint density at radius 3 is 1.75 bits per heavy atom. The fraction of sp³-hybridized carbons (Fsp3) is 0.714. The quantitative estimate of drug-likeness (QED) is 0.372. The molecular formula is C21H36O3. The van der Waals surface area contributed by atoms with Crippen LogP contribution in [-0.2, 0) is 0 Å². The molecule has 1 aromatic carbocycles. The highest BCUT2D eigenvalue weighted by atomic mass is 16.5. The Kier molecular flexibility index (Phi) is 12.1. The second-order valence-corrected chi connectivity index (χ2v) is 6.60. The van der Waals surface area contributed by atoms with E-state index in [4.69, 9.17) is 9.47 Å². The first-order valence-electron chi connectivity index (χ1n) is 9.77. The van der Waals surface area contributed by atoms with E-state index in [1.807, 2.05) is 0 Å². The normalized spacial score (nSPS) is 10.8. The second-order valence-electron chi connectivity index (χ2n) is 6.60. The van der Waals surface area contributed by atoms with Gasteiger partial charge in [-0.3, -0.25) is 0 Å². The van der Waals surface area contributed by atoms with E-state index in [-0.39, 0.29) is 5.75 Å². The van der Waals surface area contributed by atoms with Crippen LogP contribution in [0.15, 0.2) is 18.2 Å². The molecule has 138 valence electrons. The Morgan fingerprint density at radius 1 is 0.708 bits per heavy atom. The summed E-state index contributed by atoms with van der Waals surface area (Å²) in [4.78, 5) is 0.